The molecule has 28 heteroatoms. The fourth-order valence-electron chi connectivity index (χ4n) is 15.9. The number of pyridine rings is 5. The van der Waals surface area contributed by atoms with Gasteiger partial charge < -0.3 is 70.4 Å². The number of amides is 3. The van der Waals surface area contributed by atoms with Gasteiger partial charge in [-0.25, -0.2) is 33.8 Å². The molecule has 6 aliphatic rings. The van der Waals surface area contributed by atoms with E-state index in [1.54, 1.807) is 31.9 Å². The normalized spacial score (nSPS) is 17.1. The number of aromatic nitrogens is 10. The molecule has 3 saturated heterocycles. The van der Waals surface area contributed by atoms with E-state index in [1.807, 2.05) is 128 Å². The lowest BCUT2D eigenvalue weighted by atomic mass is 9.95. The molecule has 27 nitrogen and oxygen atoms in total. The van der Waals surface area contributed by atoms with E-state index in [4.69, 9.17) is 33.9 Å². The van der Waals surface area contributed by atoms with Crippen molar-refractivity contribution in [3.8, 4) is 33.6 Å². The van der Waals surface area contributed by atoms with Gasteiger partial charge in [0, 0.05) is 132 Å². The van der Waals surface area contributed by atoms with Crippen LogP contribution in [0.5, 0.6) is 0 Å². The van der Waals surface area contributed by atoms with Crippen LogP contribution in [0.3, 0.4) is 0 Å². The number of hydrogen-bond acceptors (Lipinski definition) is 21. The average Bonchev–Trinajstić information content (AvgIpc) is 1.63. The number of fused-ring (bicyclic) bond motifs is 6. The Balaban J connectivity index is 0.000000127. The number of anilines is 7. The van der Waals surface area contributed by atoms with Gasteiger partial charge in [0.1, 0.15) is 28.9 Å². The third-order valence-electron chi connectivity index (χ3n) is 21.0. The standard InChI is InChI=1S/C29H32FN7O3.C28H30N6O2.C26H27N7O2/c1-35(2)16-23-24(36-10-11-40-19(15-36)17-39-3)6-7-26(34-23)33-22-5-4-20(21-13-32-29(38)28(21)22)25-14-31-27-12-18(30)8-9-37(25)27;1-17-5-4-6-25-21(14-30-34(17)25)20-7-9-23(27-22(20)13-29-28(27)35)31-26-10-8-19(18-11-12-36-16-18)24(32-26)15-33(2)3;1-32(2)14-21-17(16-7-10-35-15-16)4-6-23(31-21)30-20-5-3-18(19-11-29-26(34)25(19)20)22-12-28-24-13-27-8-9-33(22)24/h4-9,12,14,19H,10-11,13,15-17H2,1-3H3,(H,32,38)(H,33,34);4-10,14,18H,11-13,15-16H2,1-3H3,(H,29,35)(H,31,32);3-6,8-9,12-13,16H,7,10-11,14-15H2,1-2H3,(H,29,34)(H,30,31)/t19-;18-;16-/m110/s1. The Morgan fingerprint density at radius 1 is 0.568 bits per heavy atom. The first kappa shape index (κ1) is 73.5. The predicted octanol–water partition coefficient (Wildman–Crippen LogP) is 11.0. The zero-order chi connectivity index (χ0) is 76.6. The van der Waals surface area contributed by atoms with E-state index in [-0.39, 0.29) is 29.6 Å². The Bertz CT molecular complexity index is 5530. The predicted molar refractivity (Wildman–Crippen MR) is 423 cm³/mol. The molecule has 111 heavy (non-hydrogen) atoms. The van der Waals surface area contributed by atoms with E-state index in [0.29, 0.717) is 85.1 Å². The van der Waals surface area contributed by atoms with E-state index >= 15 is 0 Å². The van der Waals surface area contributed by atoms with E-state index in [2.05, 4.69) is 116 Å². The number of morpholine rings is 1. The molecule has 18 rings (SSSR count). The highest BCUT2D eigenvalue weighted by atomic mass is 19.1. The second-order valence-electron chi connectivity index (χ2n) is 29.5. The van der Waals surface area contributed by atoms with Gasteiger partial charge in [-0.05, 0) is 156 Å². The zero-order valence-corrected chi connectivity index (χ0v) is 63.4. The van der Waals surface area contributed by atoms with E-state index in [9.17, 15) is 18.8 Å². The van der Waals surface area contributed by atoms with Gasteiger partial charge >= 0.3 is 0 Å². The lowest BCUT2D eigenvalue weighted by molar-refractivity contribution is -0.0101. The number of nitrogens with one attached hydrogen (secondary N) is 6. The van der Waals surface area contributed by atoms with Crippen LogP contribution in [0.2, 0.25) is 0 Å². The minimum atomic E-state index is -0.346. The SMILES string of the molecule is CN(C)Cc1nc(Nc2ccc(-c3cnc4cnccn34)c3c2C(=O)NC3)ccc1[C@H]1CCOC1.COC[C@H]1CN(c2ccc(Nc3ccc(-c4cnc5cc(F)ccn45)c4c3C(=O)NC4)nc2CN(C)C)CCO1.Cc1cccc2c(-c3ccc(Nc4ccc([C@@H]5CCOC5)c(CN(C)C)n4)c4c3CNC4=O)cnn12. The van der Waals surface area contributed by atoms with Gasteiger partial charge in [-0.2, -0.15) is 5.10 Å². The first-order valence-electron chi connectivity index (χ1n) is 37.4. The number of hydrogen-bond donors (Lipinski definition) is 6. The Hall–Kier alpha value is -11.6. The summed E-state index contributed by atoms with van der Waals surface area (Å²) in [5, 5.41) is 23.8. The molecule has 0 unspecified atom stereocenters. The Morgan fingerprint density at radius 2 is 1.09 bits per heavy atom. The van der Waals surface area contributed by atoms with Crippen LogP contribution in [-0.4, -0.2) is 189 Å². The van der Waals surface area contributed by atoms with Crippen LogP contribution in [0, 0.1) is 12.7 Å². The topological polar surface area (TPSA) is 277 Å². The summed E-state index contributed by atoms with van der Waals surface area (Å²) in [6.07, 6.45) is 14.4. The van der Waals surface area contributed by atoms with Gasteiger partial charge in [0.25, 0.3) is 17.7 Å². The van der Waals surface area contributed by atoms with Crippen LogP contribution < -0.4 is 36.8 Å². The van der Waals surface area contributed by atoms with Gasteiger partial charge in [-0.1, -0.05) is 36.4 Å². The molecule has 3 fully saturated rings. The fourth-order valence-corrected chi connectivity index (χ4v) is 15.9. The summed E-state index contributed by atoms with van der Waals surface area (Å²) in [6, 6.07) is 33.1. The third kappa shape index (κ3) is 15.2. The molecule has 3 amide bonds. The summed E-state index contributed by atoms with van der Waals surface area (Å²) in [5.74, 6) is 2.21. The van der Waals surface area contributed by atoms with Crippen molar-refractivity contribution in [1.82, 2.24) is 79.0 Å². The summed E-state index contributed by atoms with van der Waals surface area (Å²) in [7, 11) is 13.9. The van der Waals surface area contributed by atoms with Crippen molar-refractivity contribution in [2.75, 3.05) is 123 Å². The Kier molecular flexibility index (Phi) is 21.0. The number of aryl methyl sites for hydroxylation is 1. The molecule has 0 bridgehead atoms. The van der Waals surface area contributed by atoms with Crippen molar-refractivity contribution in [3.63, 3.8) is 0 Å². The van der Waals surface area contributed by atoms with Crippen LogP contribution in [0.1, 0.15) is 106 Å². The second-order valence-corrected chi connectivity index (χ2v) is 29.5. The maximum atomic E-state index is 13.7. The molecule has 6 aliphatic heterocycles. The molecule has 3 atom stereocenters. The fraction of sp³-hybridized carbons (Fsp3) is 0.325. The van der Waals surface area contributed by atoms with Crippen molar-refractivity contribution in [3.05, 3.63) is 220 Å². The number of carbonyl (C=O) groups is 3. The molecule has 9 aromatic heterocycles. The van der Waals surface area contributed by atoms with E-state index in [1.165, 1.54) is 23.3 Å². The minimum Gasteiger partial charge on any atom is -0.382 e. The lowest BCUT2D eigenvalue weighted by Gasteiger charge is -2.35. The maximum absolute atomic E-state index is 13.7. The van der Waals surface area contributed by atoms with E-state index in [0.717, 1.165) is 178 Å². The van der Waals surface area contributed by atoms with Crippen LogP contribution in [0.4, 0.5) is 44.6 Å². The lowest BCUT2D eigenvalue weighted by Crippen LogP contribution is -2.45. The van der Waals surface area contributed by atoms with E-state index < -0.39 is 0 Å². The summed E-state index contributed by atoms with van der Waals surface area (Å²) in [5.41, 5.74) is 22.4. The molecule has 6 N–H and O–H groups in total. The highest BCUT2D eigenvalue weighted by molar-refractivity contribution is 6.08. The molecule has 0 spiro atoms. The second kappa shape index (κ2) is 31.8. The van der Waals surface area contributed by atoms with Crippen LogP contribution in [-0.2, 0) is 58.2 Å². The number of carbonyl (C=O) groups excluding carboxylic acids is 3. The van der Waals surface area contributed by atoms with Crippen molar-refractivity contribution in [1.29, 1.82) is 0 Å². The zero-order valence-electron chi connectivity index (χ0n) is 63.4. The number of halogens is 1. The van der Waals surface area contributed by atoms with Crippen molar-refractivity contribution in [2.24, 2.45) is 0 Å². The molecule has 0 saturated carbocycles. The van der Waals surface area contributed by atoms with Gasteiger partial charge in [0.05, 0.1) is 131 Å². The highest BCUT2D eigenvalue weighted by Crippen LogP contribution is 2.41. The average molecular weight is 1500 g/mol. The summed E-state index contributed by atoms with van der Waals surface area (Å²) < 4.78 is 41.9. The number of imidazole rings is 2. The quantitative estimate of drug-likeness (QED) is 0.0414. The Labute approximate surface area is 641 Å². The van der Waals surface area contributed by atoms with Gasteiger partial charge in [-0.15, -0.1) is 0 Å². The summed E-state index contributed by atoms with van der Waals surface area (Å²) in [6.45, 7) is 11.3. The van der Waals surface area contributed by atoms with Gasteiger partial charge in [0.2, 0.25) is 0 Å². The molecule has 15 heterocycles. The molecule has 0 aliphatic carbocycles. The summed E-state index contributed by atoms with van der Waals surface area (Å²) in [4.78, 5) is 75.3. The monoisotopic (exact) mass is 1500 g/mol. The number of rotatable bonds is 20. The van der Waals surface area contributed by atoms with Crippen molar-refractivity contribution >= 4 is 74.7 Å². The minimum absolute atomic E-state index is 0.00954. The molecule has 3 aromatic carbocycles. The van der Waals surface area contributed by atoms with Crippen molar-refractivity contribution in [2.45, 2.75) is 77.0 Å². The molecule has 0 radical (unpaired) electrons. The van der Waals surface area contributed by atoms with Crippen LogP contribution in [0.15, 0.2) is 147 Å². The molecular weight excluding hydrogens is 1410 g/mol. The maximum Gasteiger partial charge on any atom is 0.254 e. The number of benzene rings is 3. The van der Waals surface area contributed by atoms with Crippen molar-refractivity contribution < 1.29 is 37.7 Å². The number of methoxy groups -OCH3 is 1. The third-order valence-corrected chi connectivity index (χ3v) is 21.0. The number of ether oxygens (including phenoxy) is 4. The molecule has 570 valence electrons. The first-order chi connectivity index (χ1) is 54.0. The largest absolute Gasteiger partial charge is 0.382 e. The van der Waals surface area contributed by atoms with Gasteiger partial charge in [-0.3, -0.25) is 28.2 Å². The molecular formula is C83H89FN20O7. The smallest absolute Gasteiger partial charge is 0.254 e. The van der Waals surface area contributed by atoms with Crippen LogP contribution in [0.25, 0.3) is 50.5 Å². The summed E-state index contributed by atoms with van der Waals surface area (Å²) >= 11 is 0. The number of nitrogens with zero attached hydrogens (tertiary/aromatic N) is 14. The first-order valence-corrected chi connectivity index (χ1v) is 37.4. The highest BCUT2D eigenvalue weighted by Gasteiger charge is 2.33. The van der Waals surface area contributed by atoms with Crippen LogP contribution >= 0.6 is 0 Å². The molecule has 12 aromatic rings. The Morgan fingerprint density at radius 3 is 1.64 bits per heavy atom. The van der Waals surface area contributed by atoms with Gasteiger partial charge in [0.15, 0.2) is 5.65 Å².